The molecule has 3 atom stereocenters. The van der Waals surface area contributed by atoms with E-state index in [1.54, 1.807) is 12.1 Å². The number of benzene rings is 1. The van der Waals surface area contributed by atoms with Gasteiger partial charge in [0.1, 0.15) is 0 Å². The fourth-order valence-electron chi connectivity index (χ4n) is 2.97. The number of nitrogens with zero attached hydrogens (tertiary/aromatic N) is 1. The average Bonchev–Trinajstić information content (AvgIpc) is 2.52. The molecular formula is C18H28N2O3. The Morgan fingerprint density at radius 2 is 1.87 bits per heavy atom. The van der Waals surface area contributed by atoms with Gasteiger partial charge in [0.15, 0.2) is 6.10 Å². The van der Waals surface area contributed by atoms with Crippen LogP contribution in [0.5, 0.6) is 0 Å². The summed E-state index contributed by atoms with van der Waals surface area (Å²) in [5.41, 5.74) is 0.412. The zero-order valence-electron chi connectivity index (χ0n) is 14.5. The maximum atomic E-state index is 12.2. The number of ether oxygens (including phenoxy) is 1. The largest absolute Gasteiger partial charge is 0.378 e. The third kappa shape index (κ3) is 4.77. The van der Waals surface area contributed by atoms with Crippen molar-refractivity contribution in [3.05, 3.63) is 35.9 Å². The molecule has 0 aliphatic carbocycles. The molecule has 0 saturated carbocycles. The topological polar surface area (TPSA) is 61.8 Å². The third-order valence-corrected chi connectivity index (χ3v) is 4.33. The van der Waals surface area contributed by atoms with Crippen molar-refractivity contribution in [2.24, 2.45) is 0 Å². The normalized spacial score (nSPS) is 24.2. The van der Waals surface area contributed by atoms with Crippen molar-refractivity contribution >= 4 is 5.91 Å². The molecule has 5 heteroatoms. The zero-order chi connectivity index (χ0) is 17.0. The van der Waals surface area contributed by atoms with Crippen LogP contribution >= 0.6 is 0 Å². The molecule has 1 aliphatic heterocycles. The van der Waals surface area contributed by atoms with E-state index in [1.807, 2.05) is 18.2 Å². The first kappa shape index (κ1) is 17.9. The van der Waals surface area contributed by atoms with E-state index in [0.717, 1.165) is 13.1 Å². The number of amides is 1. The van der Waals surface area contributed by atoms with Gasteiger partial charge in [-0.2, -0.15) is 0 Å². The lowest BCUT2D eigenvalue weighted by molar-refractivity contribution is -0.131. The molecule has 1 aromatic carbocycles. The lowest BCUT2D eigenvalue weighted by Gasteiger charge is -2.45. The van der Waals surface area contributed by atoms with Crippen molar-refractivity contribution in [2.45, 2.75) is 51.5 Å². The Hall–Kier alpha value is -1.43. The minimum atomic E-state index is -1.13. The van der Waals surface area contributed by atoms with Gasteiger partial charge in [0, 0.05) is 25.2 Å². The number of aliphatic hydroxyl groups excluding tert-OH is 1. The molecule has 1 aliphatic rings. The second kappa shape index (κ2) is 7.43. The van der Waals surface area contributed by atoms with Gasteiger partial charge in [-0.3, -0.25) is 9.69 Å². The summed E-state index contributed by atoms with van der Waals surface area (Å²) in [6.45, 7) is 10.5. The molecule has 128 valence electrons. The van der Waals surface area contributed by atoms with Gasteiger partial charge in [-0.25, -0.2) is 0 Å². The van der Waals surface area contributed by atoms with Crippen LogP contribution < -0.4 is 5.32 Å². The highest BCUT2D eigenvalue weighted by atomic mass is 16.5. The predicted octanol–water partition coefficient (Wildman–Crippen LogP) is 1.72. The van der Waals surface area contributed by atoms with Gasteiger partial charge in [0.2, 0.25) is 0 Å². The first-order chi connectivity index (χ1) is 10.8. The van der Waals surface area contributed by atoms with E-state index in [0.29, 0.717) is 12.1 Å². The molecule has 5 nitrogen and oxygen atoms in total. The lowest BCUT2D eigenvalue weighted by atomic mass is 9.99. The molecule has 0 radical (unpaired) electrons. The Kier molecular flexibility index (Phi) is 5.79. The maximum Gasteiger partial charge on any atom is 0.253 e. The number of carbonyl (C=O) groups excluding carboxylic acids is 1. The van der Waals surface area contributed by atoms with Crippen LogP contribution in [0.15, 0.2) is 30.3 Å². The number of rotatable bonds is 5. The smallest absolute Gasteiger partial charge is 0.253 e. The summed E-state index contributed by atoms with van der Waals surface area (Å²) in [6, 6.07) is 8.98. The molecular weight excluding hydrogens is 292 g/mol. The van der Waals surface area contributed by atoms with Gasteiger partial charge in [-0.1, -0.05) is 30.3 Å². The van der Waals surface area contributed by atoms with Crippen molar-refractivity contribution in [1.29, 1.82) is 0 Å². The molecule has 1 amide bonds. The lowest BCUT2D eigenvalue weighted by Crippen LogP contribution is -2.58. The highest BCUT2D eigenvalue weighted by molar-refractivity contribution is 5.81. The van der Waals surface area contributed by atoms with E-state index in [2.05, 4.69) is 37.9 Å². The highest BCUT2D eigenvalue weighted by Crippen LogP contribution is 2.21. The van der Waals surface area contributed by atoms with E-state index < -0.39 is 6.10 Å². The second-order valence-electron chi connectivity index (χ2n) is 7.01. The van der Waals surface area contributed by atoms with Crippen LogP contribution in [0, 0.1) is 0 Å². The number of hydrogen-bond acceptors (Lipinski definition) is 4. The van der Waals surface area contributed by atoms with Crippen LogP contribution in [-0.2, 0) is 9.53 Å². The average molecular weight is 320 g/mol. The molecule has 1 heterocycles. The minimum absolute atomic E-state index is 0.184. The fourth-order valence-corrected chi connectivity index (χ4v) is 2.97. The molecule has 0 aromatic heterocycles. The van der Waals surface area contributed by atoms with Gasteiger partial charge in [-0.15, -0.1) is 0 Å². The van der Waals surface area contributed by atoms with Crippen LogP contribution in [0.25, 0.3) is 0 Å². The monoisotopic (exact) mass is 320 g/mol. The molecule has 0 bridgehead atoms. The number of carbonyl (C=O) groups is 1. The van der Waals surface area contributed by atoms with E-state index in [4.69, 9.17) is 4.74 Å². The third-order valence-electron chi connectivity index (χ3n) is 4.33. The molecule has 0 spiro atoms. The van der Waals surface area contributed by atoms with Crippen LogP contribution in [0.4, 0.5) is 0 Å². The highest BCUT2D eigenvalue weighted by Gasteiger charge is 2.33. The summed E-state index contributed by atoms with van der Waals surface area (Å²) in [5.74, 6) is -0.362. The summed E-state index contributed by atoms with van der Waals surface area (Å²) in [4.78, 5) is 14.5. The second-order valence-corrected chi connectivity index (χ2v) is 7.01. The quantitative estimate of drug-likeness (QED) is 0.867. The van der Waals surface area contributed by atoms with Gasteiger partial charge >= 0.3 is 0 Å². The van der Waals surface area contributed by atoms with Crippen LogP contribution in [-0.4, -0.2) is 53.3 Å². The molecule has 3 unspecified atom stereocenters. The summed E-state index contributed by atoms with van der Waals surface area (Å²) >= 11 is 0. The van der Waals surface area contributed by atoms with Crippen molar-refractivity contribution in [2.75, 3.05) is 19.6 Å². The first-order valence-electron chi connectivity index (χ1n) is 8.21. The number of morpholine rings is 1. The van der Waals surface area contributed by atoms with Crippen LogP contribution in [0.2, 0.25) is 0 Å². The van der Waals surface area contributed by atoms with E-state index >= 15 is 0 Å². The Labute approximate surface area is 138 Å². The molecule has 2 N–H and O–H groups in total. The minimum Gasteiger partial charge on any atom is -0.378 e. The number of hydrogen-bond donors (Lipinski definition) is 2. The van der Waals surface area contributed by atoms with E-state index in [1.165, 1.54) is 0 Å². The van der Waals surface area contributed by atoms with Crippen molar-refractivity contribution in [1.82, 2.24) is 10.2 Å². The van der Waals surface area contributed by atoms with Gasteiger partial charge in [-0.05, 0) is 33.3 Å². The zero-order valence-corrected chi connectivity index (χ0v) is 14.5. The Balaban J connectivity index is 1.92. The Morgan fingerprint density at radius 3 is 2.43 bits per heavy atom. The summed E-state index contributed by atoms with van der Waals surface area (Å²) in [5, 5.41) is 13.0. The number of nitrogens with one attached hydrogen (secondary N) is 1. The molecule has 1 fully saturated rings. The summed E-state index contributed by atoms with van der Waals surface area (Å²) in [7, 11) is 0. The van der Waals surface area contributed by atoms with Gasteiger partial charge < -0.3 is 15.2 Å². The van der Waals surface area contributed by atoms with Crippen LogP contribution in [0.1, 0.15) is 39.4 Å². The van der Waals surface area contributed by atoms with Crippen molar-refractivity contribution < 1.29 is 14.6 Å². The predicted molar refractivity (Wildman–Crippen MR) is 90.1 cm³/mol. The van der Waals surface area contributed by atoms with E-state index in [9.17, 15) is 9.90 Å². The Morgan fingerprint density at radius 1 is 1.30 bits per heavy atom. The van der Waals surface area contributed by atoms with Crippen LogP contribution in [0.3, 0.4) is 0 Å². The summed E-state index contributed by atoms with van der Waals surface area (Å²) in [6.07, 6.45) is -0.762. The van der Waals surface area contributed by atoms with Gasteiger partial charge in [0.05, 0.1) is 12.2 Å². The fraction of sp³-hybridized carbons (Fsp3) is 0.611. The van der Waals surface area contributed by atoms with Gasteiger partial charge in [0.25, 0.3) is 5.91 Å². The van der Waals surface area contributed by atoms with E-state index in [-0.39, 0.29) is 23.7 Å². The van der Waals surface area contributed by atoms with Crippen molar-refractivity contribution in [3.8, 4) is 0 Å². The molecule has 2 rings (SSSR count). The SMILES string of the molecule is CC1CN(C(C)(C)CNC(=O)C(O)c2ccccc2)CC(C)O1. The standard InChI is InChI=1S/C18H28N2O3/c1-13-10-20(11-14(2)23-13)18(3,4)12-19-17(22)16(21)15-8-6-5-7-9-15/h5-9,13-14,16,21H,10-12H2,1-4H3,(H,19,22). The number of aliphatic hydroxyl groups is 1. The molecule has 1 saturated heterocycles. The Bertz CT molecular complexity index is 508. The maximum absolute atomic E-state index is 12.2. The summed E-state index contributed by atoms with van der Waals surface area (Å²) < 4.78 is 5.76. The molecule has 23 heavy (non-hydrogen) atoms. The first-order valence-corrected chi connectivity index (χ1v) is 8.21. The van der Waals surface area contributed by atoms with Crippen molar-refractivity contribution in [3.63, 3.8) is 0 Å². The molecule has 1 aromatic rings.